The van der Waals surface area contributed by atoms with Crippen LogP contribution in [-0.2, 0) is 10.0 Å². The zero-order valence-corrected chi connectivity index (χ0v) is 15.9. The van der Waals surface area contributed by atoms with E-state index in [0.29, 0.717) is 32.1 Å². The van der Waals surface area contributed by atoms with Crippen molar-refractivity contribution < 1.29 is 17.3 Å². The van der Waals surface area contributed by atoms with Crippen LogP contribution in [-0.4, -0.2) is 49.1 Å². The second-order valence-corrected chi connectivity index (χ2v) is 8.34. The number of hydrogen-bond donors (Lipinski definition) is 0. The summed E-state index contributed by atoms with van der Waals surface area (Å²) in [5.74, 6) is 0.795. The van der Waals surface area contributed by atoms with Gasteiger partial charge in [-0.25, -0.2) is 8.42 Å². The van der Waals surface area contributed by atoms with Gasteiger partial charge in [0, 0.05) is 38.8 Å². The first-order valence-electron chi connectivity index (χ1n) is 8.65. The normalized spacial score (nSPS) is 16.0. The monoisotopic (exact) mass is 388 g/mol. The van der Waals surface area contributed by atoms with Gasteiger partial charge in [0.25, 0.3) is 15.9 Å². The molecule has 0 aliphatic carbocycles. The molecule has 0 saturated carbocycles. The number of aromatic nitrogens is 2. The van der Waals surface area contributed by atoms with Gasteiger partial charge >= 0.3 is 0 Å². The van der Waals surface area contributed by atoms with Crippen molar-refractivity contribution in [1.82, 2.24) is 14.5 Å². The molecule has 0 amide bonds. The highest BCUT2D eigenvalue weighted by atomic mass is 32.2. The van der Waals surface area contributed by atoms with Crippen LogP contribution >= 0.6 is 0 Å². The number of aryl methyl sites for hydroxylation is 2. The summed E-state index contributed by atoms with van der Waals surface area (Å²) in [5.41, 5.74) is 2.30. The number of anilines is 1. The summed E-state index contributed by atoms with van der Waals surface area (Å²) in [4.78, 5) is 2.18. The van der Waals surface area contributed by atoms with E-state index < -0.39 is 10.0 Å². The van der Waals surface area contributed by atoms with E-state index >= 15 is 0 Å². The van der Waals surface area contributed by atoms with Crippen molar-refractivity contribution in [2.75, 3.05) is 31.1 Å². The fourth-order valence-electron chi connectivity index (χ4n) is 3.04. The molecule has 1 aliphatic rings. The minimum Gasteiger partial charge on any atom is -0.438 e. The summed E-state index contributed by atoms with van der Waals surface area (Å²) in [7, 11) is -3.70. The van der Waals surface area contributed by atoms with Crippen LogP contribution < -0.4 is 4.90 Å². The van der Waals surface area contributed by atoms with Crippen molar-refractivity contribution in [3.63, 3.8) is 0 Å². The lowest BCUT2D eigenvalue weighted by atomic mass is 10.2. The first-order valence-corrected chi connectivity index (χ1v) is 10.1. The summed E-state index contributed by atoms with van der Waals surface area (Å²) in [6.45, 7) is 5.74. The number of hydrogen-bond acceptors (Lipinski definition) is 7. The van der Waals surface area contributed by atoms with Crippen molar-refractivity contribution in [1.29, 1.82) is 0 Å². The zero-order valence-electron chi connectivity index (χ0n) is 15.1. The van der Waals surface area contributed by atoms with Crippen LogP contribution in [0.1, 0.15) is 11.5 Å². The smallest absolute Gasteiger partial charge is 0.283 e. The van der Waals surface area contributed by atoms with Crippen LogP contribution in [0.3, 0.4) is 0 Å². The average Bonchev–Trinajstić information content (AvgIpc) is 3.32. The third-order valence-electron chi connectivity index (χ3n) is 4.55. The van der Waals surface area contributed by atoms with Gasteiger partial charge in [0.05, 0.1) is 0 Å². The molecule has 0 N–H and O–H groups in total. The molecule has 1 aromatic carbocycles. The molecule has 3 aromatic rings. The molecule has 8 nitrogen and oxygen atoms in total. The topological polar surface area (TPSA) is 92.7 Å². The summed E-state index contributed by atoms with van der Waals surface area (Å²) in [6.07, 6.45) is 0. The fraction of sp³-hybridized carbons (Fsp3) is 0.333. The predicted octanol–water partition coefficient (Wildman–Crippen LogP) is 2.46. The molecule has 142 valence electrons. The lowest BCUT2D eigenvalue weighted by Gasteiger charge is -2.34. The molecule has 0 atom stereocenters. The Kier molecular flexibility index (Phi) is 4.48. The number of sulfonamides is 1. The SMILES string of the molecule is Cc1ccc(N2CCN(S(=O)(=O)c3ccc(-c4nnc(C)o4)o3)CC2)cc1. The molecule has 27 heavy (non-hydrogen) atoms. The van der Waals surface area contributed by atoms with Gasteiger partial charge in [-0.15, -0.1) is 10.2 Å². The van der Waals surface area contributed by atoms with Crippen LogP contribution in [0.2, 0.25) is 0 Å². The van der Waals surface area contributed by atoms with Crippen LogP contribution in [0.4, 0.5) is 5.69 Å². The second kappa shape index (κ2) is 6.82. The van der Waals surface area contributed by atoms with E-state index in [-0.39, 0.29) is 16.7 Å². The molecule has 9 heteroatoms. The van der Waals surface area contributed by atoms with Crippen molar-refractivity contribution in [2.24, 2.45) is 0 Å². The van der Waals surface area contributed by atoms with E-state index in [1.54, 1.807) is 6.92 Å². The zero-order chi connectivity index (χ0) is 19.0. The quantitative estimate of drug-likeness (QED) is 0.678. The molecule has 1 saturated heterocycles. The van der Waals surface area contributed by atoms with Crippen molar-refractivity contribution in [3.05, 3.63) is 47.9 Å². The fourth-order valence-corrected chi connectivity index (χ4v) is 4.37. The van der Waals surface area contributed by atoms with Crippen molar-refractivity contribution in [2.45, 2.75) is 18.9 Å². The number of piperazine rings is 1. The summed E-state index contributed by atoms with van der Waals surface area (Å²) in [6, 6.07) is 11.2. The Hall–Kier alpha value is -2.65. The predicted molar refractivity (Wildman–Crippen MR) is 98.9 cm³/mol. The molecule has 2 aromatic heterocycles. The molecule has 0 bridgehead atoms. The molecular weight excluding hydrogens is 368 g/mol. The van der Waals surface area contributed by atoms with E-state index in [1.807, 2.05) is 6.92 Å². The highest BCUT2D eigenvalue weighted by Crippen LogP contribution is 2.27. The number of benzene rings is 1. The number of furan rings is 1. The number of nitrogens with zero attached hydrogens (tertiary/aromatic N) is 4. The minimum atomic E-state index is -3.70. The Bertz CT molecular complexity index is 1030. The largest absolute Gasteiger partial charge is 0.438 e. The van der Waals surface area contributed by atoms with E-state index in [1.165, 1.54) is 22.0 Å². The Morgan fingerprint density at radius 1 is 0.889 bits per heavy atom. The molecule has 1 fully saturated rings. The lowest BCUT2D eigenvalue weighted by molar-refractivity contribution is 0.361. The Balaban J connectivity index is 1.47. The molecular formula is C18H20N4O4S. The molecule has 4 rings (SSSR count). The van der Waals surface area contributed by atoms with Crippen molar-refractivity contribution >= 4 is 15.7 Å². The van der Waals surface area contributed by atoms with Crippen molar-refractivity contribution in [3.8, 4) is 11.7 Å². The molecule has 0 spiro atoms. The molecule has 0 unspecified atom stereocenters. The standard InChI is InChI=1S/C18H20N4O4S/c1-13-3-5-15(6-4-13)21-9-11-22(12-10-21)27(23,24)17-8-7-16(26-17)18-20-19-14(2)25-18/h3-8H,9-12H2,1-2H3. The maximum absolute atomic E-state index is 12.9. The highest BCUT2D eigenvalue weighted by Gasteiger charge is 2.31. The number of rotatable bonds is 4. The van der Waals surface area contributed by atoms with E-state index in [4.69, 9.17) is 8.83 Å². The Morgan fingerprint density at radius 3 is 2.22 bits per heavy atom. The summed E-state index contributed by atoms with van der Waals surface area (Å²) < 4.78 is 38.0. The first kappa shape index (κ1) is 17.7. The Morgan fingerprint density at radius 2 is 1.59 bits per heavy atom. The van der Waals surface area contributed by atoms with E-state index in [0.717, 1.165) is 5.69 Å². The van der Waals surface area contributed by atoms with Gasteiger partial charge in [0.1, 0.15) is 0 Å². The van der Waals surface area contributed by atoms with Crippen LogP contribution in [0.5, 0.6) is 0 Å². The minimum absolute atomic E-state index is 0.114. The van der Waals surface area contributed by atoms with Gasteiger partial charge in [0.2, 0.25) is 11.0 Å². The maximum atomic E-state index is 12.9. The highest BCUT2D eigenvalue weighted by molar-refractivity contribution is 7.89. The lowest BCUT2D eigenvalue weighted by Crippen LogP contribution is -2.48. The average molecular weight is 388 g/mol. The Labute approximate surface area is 157 Å². The first-order chi connectivity index (χ1) is 12.9. The van der Waals surface area contributed by atoms with Gasteiger partial charge in [0.15, 0.2) is 5.76 Å². The second-order valence-electron chi connectivity index (χ2n) is 6.47. The molecule has 1 aliphatic heterocycles. The maximum Gasteiger partial charge on any atom is 0.283 e. The van der Waals surface area contributed by atoms with Gasteiger partial charge in [-0.05, 0) is 31.2 Å². The third-order valence-corrected chi connectivity index (χ3v) is 6.32. The van der Waals surface area contributed by atoms with Gasteiger partial charge in [-0.3, -0.25) is 0 Å². The summed E-state index contributed by atoms with van der Waals surface area (Å²) >= 11 is 0. The third kappa shape index (κ3) is 3.47. The van der Waals surface area contributed by atoms with Gasteiger partial charge < -0.3 is 13.7 Å². The van der Waals surface area contributed by atoms with E-state index in [2.05, 4.69) is 39.4 Å². The van der Waals surface area contributed by atoms with Gasteiger partial charge in [-0.1, -0.05) is 17.7 Å². The molecule has 0 radical (unpaired) electrons. The van der Waals surface area contributed by atoms with Crippen LogP contribution in [0.25, 0.3) is 11.7 Å². The molecule has 3 heterocycles. The van der Waals surface area contributed by atoms with Gasteiger partial charge in [-0.2, -0.15) is 4.31 Å². The van der Waals surface area contributed by atoms with Crippen LogP contribution in [0.15, 0.2) is 50.3 Å². The van der Waals surface area contributed by atoms with E-state index in [9.17, 15) is 8.42 Å². The van der Waals surface area contributed by atoms with Crippen LogP contribution in [0, 0.1) is 13.8 Å². The summed E-state index contributed by atoms with van der Waals surface area (Å²) in [5, 5.41) is 7.46.